The largest absolute Gasteiger partial charge is 0.321 e. The highest BCUT2D eigenvalue weighted by Gasteiger charge is 2.23. The number of rotatable bonds is 16. The first-order valence-corrected chi connectivity index (χ1v) is 12.1. The second kappa shape index (κ2) is 15.5. The lowest BCUT2D eigenvalue weighted by molar-refractivity contribution is -0.120. The van der Waals surface area contributed by atoms with Gasteiger partial charge in [0.2, 0.25) is 0 Å². The number of ketones is 1. The maximum absolute atomic E-state index is 12.2. The molecule has 0 aromatic carbocycles. The van der Waals surface area contributed by atoms with Crippen LogP contribution < -0.4 is 5.73 Å². The van der Waals surface area contributed by atoms with Crippen LogP contribution in [0.2, 0.25) is 0 Å². The van der Waals surface area contributed by atoms with Gasteiger partial charge in [0.05, 0.1) is 6.04 Å². The smallest absolute Gasteiger partial charge is 0.171 e. The van der Waals surface area contributed by atoms with Crippen LogP contribution in [-0.2, 0) is 4.79 Å². The van der Waals surface area contributed by atoms with E-state index in [2.05, 4.69) is 34.6 Å². The number of Topliss-reactive ketones (excluding diaryl/α,β-unsaturated/α-hetero) is 1. The molecule has 28 heavy (non-hydrogen) atoms. The molecular formula is C25H48ClNO. The minimum absolute atomic E-state index is 0.0631. The van der Waals surface area contributed by atoms with Gasteiger partial charge < -0.3 is 5.73 Å². The van der Waals surface area contributed by atoms with E-state index in [1.54, 1.807) is 0 Å². The van der Waals surface area contributed by atoms with Crippen LogP contribution in [0.15, 0.2) is 11.6 Å². The van der Waals surface area contributed by atoms with Gasteiger partial charge in [0.1, 0.15) is 5.38 Å². The number of alkyl halides is 1. The standard InChI is InChI=1S/C25H48ClNO/c1-18(2)11-8-12-20(5)13-9-14-21(6)15-10-16-22(7)17-23(26)25(28)24(27)19(3)4/h17-21,23-24H,8-16,27H2,1-7H3/b22-17+/t20-,21-,23?,24?/m1/s1. The molecule has 0 spiro atoms. The fraction of sp³-hybridized carbons (Fsp3) is 0.880. The van der Waals surface area contributed by atoms with Gasteiger partial charge >= 0.3 is 0 Å². The Morgan fingerprint density at radius 1 is 0.857 bits per heavy atom. The summed E-state index contributed by atoms with van der Waals surface area (Å²) in [6.07, 6.45) is 13.5. The van der Waals surface area contributed by atoms with E-state index >= 15 is 0 Å². The predicted octanol–water partition coefficient (Wildman–Crippen LogP) is 7.53. The Morgan fingerprint density at radius 3 is 1.79 bits per heavy atom. The van der Waals surface area contributed by atoms with Crippen LogP contribution in [0.1, 0.15) is 106 Å². The highest BCUT2D eigenvalue weighted by Crippen LogP contribution is 2.22. The molecule has 4 atom stereocenters. The molecule has 0 saturated carbocycles. The molecule has 2 nitrogen and oxygen atoms in total. The van der Waals surface area contributed by atoms with Crippen LogP contribution >= 0.6 is 11.6 Å². The molecule has 0 aromatic rings. The van der Waals surface area contributed by atoms with E-state index < -0.39 is 11.4 Å². The Hall–Kier alpha value is -0.340. The van der Waals surface area contributed by atoms with Gasteiger partial charge in [-0.3, -0.25) is 4.79 Å². The van der Waals surface area contributed by atoms with Crippen molar-refractivity contribution in [3.8, 4) is 0 Å². The fourth-order valence-electron chi connectivity index (χ4n) is 3.64. The molecule has 0 rings (SSSR count). The number of halogens is 1. The number of carbonyl (C=O) groups excluding carboxylic acids is 1. The van der Waals surface area contributed by atoms with Crippen molar-refractivity contribution in [2.45, 2.75) is 118 Å². The zero-order valence-corrected chi connectivity index (χ0v) is 20.5. The zero-order chi connectivity index (χ0) is 21.7. The molecular weight excluding hydrogens is 366 g/mol. The summed E-state index contributed by atoms with van der Waals surface area (Å²) in [5.74, 6) is 2.54. The maximum atomic E-state index is 12.2. The molecule has 0 saturated heterocycles. The summed E-state index contributed by atoms with van der Waals surface area (Å²) < 4.78 is 0. The van der Waals surface area contributed by atoms with Gasteiger partial charge in [-0.25, -0.2) is 0 Å². The van der Waals surface area contributed by atoms with Crippen molar-refractivity contribution in [1.29, 1.82) is 0 Å². The second-order valence-corrected chi connectivity index (χ2v) is 10.4. The molecule has 166 valence electrons. The third-order valence-corrected chi connectivity index (χ3v) is 6.23. The summed E-state index contributed by atoms with van der Waals surface area (Å²) in [6.45, 7) is 15.4. The van der Waals surface area contributed by atoms with Crippen LogP contribution in [0.25, 0.3) is 0 Å². The van der Waals surface area contributed by atoms with E-state index in [9.17, 15) is 4.79 Å². The van der Waals surface area contributed by atoms with Crippen molar-refractivity contribution in [3.05, 3.63) is 11.6 Å². The molecule has 0 aliphatic rings. The molecule has 0 aliphatic heterocycles. The summed E-state index contributed by atoms with van der Waals surface area (Å²) in [4.78, 5) is 12.2. The number of allylic oxidation sites excluding steroid dienone is 2. The molecule has 0 radical (unpaired) electrons. The number of nitrogens with two attached hydrogens (primary N) is 1. The molecule has 0 heterocycles. The highest BCUT2D eigenvalue weighted by atomic mass is 35.5. The van der Waals surface area contributed by atoms with E-state index in [1.165, 1.54) is 56.9 Å². The van der Waals surface area contributed by atoms with Crippen molar-refractivity contribution in [3.63, 3.8) is 0 Å². The molecule has 0 amide bonds. The molecule has 2 N–H and O–H groups in total. The monoisotopic (exact) mass is 413 g/mol. The average molecular weight is 414 g/mol. The summed E-state index contributed by atoms with van der Waals surface area (Å²) in [6, 6.07) is -0.473. The van der Waals surface area contributed by atoms with E-state index in [1.807, 2.05) is 19.9 Å². The summed E-state index contributed by atoms with van der Waals surface area (Å²) >= 11 is 6.25. The first-order valence-electron chi connectivity index (χ1n) is 11.6. The topological polar surface area (TPSA) is 43.1 Å². The third kappa shape index (κ3) is 13.8. The SMILES string of the molecule is C/C(=C\C(Cl)C(=O)C(N)C(C)C)CCC[C@H](C)CCC[C@H](C)CCCC(C)C. The highest BCUT2D eigenvalue weighted by molar-refractivity contribution is 6.33. The van der Waals surface area contributed by atoms with E-state index in [0.717, 1.165) is 24.2 Å². The summed E-state index contributed by atoms with van der Waals surface area (Å²) in [7, 11) is 0. The molecule has 0 fully saturated rings. The molecule has 0 aliphatic carbocycles. The van der Waals surface area contributed by atoms with Gasteiger partial charge in [-0.2, -0.15) is 0 Å². The predicted molar refractivity (Wildman–Crippen MR) is 126 cm³/mol. The first kappa shape index (κ1) is 27.7. The van der Waals surface area contributed by atoms with Gasteiger partial charge in [-0.05, 0) is 43.4 Å². The quantitative estimate of drug-likeness (QED) is 0.210. The molecule has 3 heteroatoms. The van der Waals surface area contributed by atoms with Crippen molar-refractivity contribution < 1.29 is 4.79 Å². The maximum Gasteiger partial charge on any atom is 0.171 e. The Morgan fingerprint density at radius 2 is 1.32 bits per heavy atom. The van der Waals surface area contributed by atoms with Gasteiger partial charge in [0, 0.05) is 0 Å². The summed E-state index contributed by atoms with van der Waals surface area (Å²) in [5, 5.41) is -0.591. The Balaban J connectivity index is 3.98. The molecule has 2 unspecified atom stereocenters. The summed E-state index contributed by atoms with van der Waals surface area (Å²) in [5.41, 5.74) is 7.12. The van der Waals surface area contributed by atoms with Gasteiger partial charge in [-0.15, -0.1) is 11.6 Å². The lowest BCUT2D eigenvalue weighted by atomic mass is 9.91. The normalized spacial score (nSPS) is 17.0. The third-order valence-electron chi connectivity index (χ3n) is 5.89. The van der Waals surface area contributed by atoms with Crippen LogP contribution in [0.4, 0.5) is 0 Å². The van der Waals surface area contributed by atoms with Crippen LogP contribution in [-0.4, -0.2) is 17.2 Å². The lowest BCUT2D eigenvalue weighted by Crippen LogP contribution is -2.39. The average Bonchev–Trinajstić information content (AvgIpc) is 2.59. The number of hydrogen-bond acceptors (Lipinski definition) is 2. The van der Waals surface area contributed by atoms with E-state index in [-0.39, 0.29) is 11.7 Å². The van der Waals surface area contributed by atoms with Gasteiger partial charge in [0.15, 0.2) is 5.78 Å². The van der Waals surface area contributed by atoms with Crippen LogP contribution in [0.3, 0.4) is 0 Å². The van der Waals surface area contributed by atoms with Gasteiger partial charge in [0.25, 0.3) is 0 Å². The van der Waals surface area contributed by atoms with Gasteiger partial charge in [-0.1, -0.05) is 98.1 Å². The second-order valence-electron chi connectivity index (χ2n) is 9.95. The Labute approximate surface area is 181 Å². The zero-order valence-electron chi connectivity index (χ0n) is 19.8. The number of hydrogen-bond donors (Lipinski definition) is 1. The van der Waals surface area contributed by atoms with Crippen molar-refractivity contribution in [2.24, 2.45) is 29.4 Å². The molecule has 0 bridgehead atoms. The Kier molecular flexibility index (Phi) is 15.3. The fourth-order valence-corrected chi connectivity index (χ4v) is 4.00. The molecule has 0 aromatic heterocycles. The van der Waals surface area contributed by atoms with E-state index in [4.69, 9.17) is 17.3 Å². The van der Waals surface area contributed by atoms with Crippen molar-refractivity contribution in [1.82, 2.24) is 0 Å². The van der Waals surface area contributed by atoms with E-state index in [0.29, 0.717) is 0 Å². The van der Waals surface area contributed by atoms with Crippen molar-refractivity contribution >= 4 is 17.4 Å². The number of carbonyl (C=O) groups is 1. The minimum atomic E-state index is -0.591. The Bertz CT molecular complexity index is 444. The van der Waals surface area contributed by atoms with Crippen LogP contribution in [0, 0.1) is 23.7 Å². The van der Waals surface area contributed by atoms with Crippen molar-refractivity contribution in [2.75, 3.05) is 0 Å². The minimum Gasteiger partial charge on any atom is -0.321 e. The first-order chi connectivity index (χ1) is 13.0. The van der Waals surface area contributed by atoms with Crippen LogP contribution in [0.5, 0.6) is 0 Å². The lowest BCUT2D eigenvalue weighted by Gasteiger charge is -2.17.